The highest BCUT2D eigenvalue weighted by Gasteiger charge is 2.41. The third-order valence-electron chi connectivity index (χ3n) is 10.8. The molecule has 0 spiro atoms. The van der Waals surface area contributed by atoms with Crippen LogP contribution in [0.4, 0.5) is 5.69 Å². The summed E-state index contributed by atoms with van der Waals surface area (Å²) < 4.78 is 10.3. The van der Waals surface area contributed by atoms with E-state index in [4.69, 9.17) is 4.74 Å². The first-order chi connectivity index (χ1) is 31.0. The molecule has 5 rings (SSSR count). The quantitative estimate of drug-likeness (QED) is 0.0788. The van der Waals surface area contributed by atoms with Gasteiger partial charge in [-0.25, -0.2) is 4.79 Å². The van der Waals surface area contributed by atoms with Crippen LogP contribution in [0, 0.1) is 0 Å². The number of anilines is 1. The highest BCUT2D eigenvalue weighted by atomic mass is 16.5. The monoisotopic (exact) mass is 897 g/mol. The number of hydrogen-bond donors (Lipinski definition) is 6. The largest absolute Gasteiger partial charge is 0.484 e. The molecule has 18 heteroatoms. The van der Waals surface area contributed by atoms with Gasteiger partial charge in [-0.15, -0.1) is 0 Å². The van der Waals surface area contributed by atoms with Gasteiger partial charge in [-0.2, -0.15) is 0 Å². The van der Waals surface area contributed by atoms with Crippen LogP contribution in [0.5, 0.6) is 5.75 Å². The molecule has 2 aliphatic rings. The fourth-order valence-electron chi connectivity index (χ4n) is 7.73. The van der Waals surface area contributed by atoms with E-state index in [2.05, 4.69) is 31.3 Å². The number of ether oxygens (including phenoxy) is 2. The van der Waals surface area contributed by atoms with Crippen LogP contribution >= 0.6 is 0 Å². The second kappa shape index (κ2) is 23.2. The molecule has 0 bridgehead atoms. The normalized spacial score (nSPS) is 17.2. The van der Waals surface area contributed by atoms with Gasteiger partial charge in [0.25, 0.3) is 11.8 Å². The molecule has 0 aromatic heterocycles. The predicted octanol–water partition coefficient (Wildman–Crippen LogP) is 1.40. The first-order valence-electron chi connectivity index (χ1n) is 21.7. The molecule has 0 radical (unpaired) electrons. The zero-order valence-electron chi connectivity index (χ0n) is 37.2. The van der Waals surface area contributed by atoms with Crippen LogP contribution in [0.3, 0.4) is 0 Å². The average molecular weight is 898 g/mol. The van der Waals surface area contributed by atoms with Gasteiger partial charge >= 0.3 is 11.9 Å². The Morgan fingerprint density at radius 1 is 0.754 bits per heavy atom. The summed E-state index contributed by atoms with van der Waals surface area (Å²) in [6, 6.07) is 20.5. The molecule has 0 aliphatic carbocycles. The van der Waals surface area contributed by atoms with Crippen LogP contribution in [0.1, 0.15) is 64.0 Å². The Morgan fingerprint density at radius 2 is 1.37 bits per heavy atom. The van der Waals surface area contributed by atoms with Gasteiger partial charge in [0.15, 0.2) is 12.7 Å². The number of nitrogens with zero attached hydrogens (tertiary/aromatic N) is 2. The molecule has 5 atom stereocenters. The molecule has 65 heavy (non-hydrogen) atoms. The van der Waals surface area contributed by atoms with E-state index in [1.165, 1.54) is 11.0 Å². The lowest BCUT2D eigenvalue weighted by Crippen LogP contribution is -2.57. The molecule has 2 saturated heterocycles. The van der Waals surface area contributed by atoms with Crippen LogP contribution in [0.2, 0.25) is 0 Å². The van der Waals surface area contributed by atoms with E-state index in [1.807, 2.05) is 45.0 Å². The molecule has 2 fully saturated rings. The third-order valence-corrected chi connectivity index (χ3v) is 10.8. The lowest BCUT2D eigenvalue weighted by Gasteiger charge is -2.32. The Kier molecular flexibility index (Phi) is 17.6. The number of carbonyl (C=O) groups excluding carboxylic acids is 8. The maximum absolute atomic E-state index is 13.7. The van der Waals surface area contributed by atoms with E-state index in [1.54, 1.807) is 54.6 Å². The standard InChI is InChI=1S/C47H59N7O11/c1-47(2,3)52-43(60)37-21-13-24-53(37)44(61)40(57)34(26-30-14-7-5-8-15-30)50-39(56)29-65-33-19-11-18-32(28-33)49-38(55)22-23-48-41(58)35(27-31-16-9-6-10-17-31)51-42(59)36-20-12-25-54(36)45(62)46(63)64-4/h5-11,14-19,28,34-37,40,57H,12-13,20-27,29H2,1-4H3,(H,48,58)(H,49,55)(H,50,56)(H,51,59)(H,52,60)/t34-,35+,36-,37-,40-/m0/s1. The number of aliphatic hydroxyl groups excluding tert-OH is 1. The highest BCUT2D eigenvalue weighted by molar-refractivity contribution is 6.32. The summed E-state index contributed by atoms with van der Waals surface area (Å²) in [6.45, 7) is 5.43. The van der Waals surface area contributed by atoms with Crippen LogP contribution in [-0.4, -0.2) is 131 Å². The topological polar surface area (TPSA) is 242 Å². The Labute approximate surface area is 378 Å². The first-order valence-corrected chi connectivity index (χ1v) is 21.7. The number of aliphatic hydroxyl groups is 1. The average Bonchev–Trinajstić information content (AvgIpc) is 3.99. The van der Waals surface area contributed by atoms with Gasteiger partial charge in [0.2, 0.25) is 23.6 Å². The maximum Gasteiger partial charge on any atom is 0.396 e. The molecule has 2 heterocycles. The molecule has 3 aromatic rings. The van der Waals surface area contributed by atoms with Crippen molar-refractivity contribution in [1.82, 2.24) is 31.1 Å². The summed E-state index contributed by atoms with van der Waals surface area (Å²) in [5, 5.41) is 25.2. The van der Waals surface area contributed by atoms with Crippen LogP contribution in [-0.2, 0) is 55.9 Å². The van der Waals surface area contributed by atoms with Gasteiger partial charge in [0.1, 0.15) is 23.9 Å². The van der Waals surface area contributed by atoms with Gasteiger partial charge in [0, 0.05) is 49.8 Å². The fourth-order valence-corrected chi connectivity index (χ4v) is 7.73. The van der Waals surface area contributed by atoms with Crippen molar-refractivity contribution in [3.8, 4) is 5.75 Å². The summed E-state index contributed by atoms with van der Waals surface area (Å²) in [5.74, 6) is -4.99. The Morgan fingerprint density at radius 3 is 2.00 bits per heavy atom. The van der Waals surface area contributed by atoms with Crippen molar-refractivity contribution in [2.45, 2.75) is 102 Å². The number of benzene rings is 3. The fraction of sp³-hybridized carbons (Fsp3) is 0.447. The van der Waals surface area contributed by atoms with Crippen molar-refractivity contribution in [2.24, 2.45) is 0 Å². The van der Waals surface area contributed by atoms with E-state index in [0.29, 0.717) is 31.4 Å². The summed E-state index contributed by atoms with van der Waals surface area (Å²) in [6.07, 6.45) is 0.269. The number of nitrogens with one attached hydrogen (secondary N) is 5. The van der Waals surface area contributed by atoms with E-state index in [0.717, 1.165) is 23.1 Å². The highest BCUT2D eigenvalue weighted by Crippen LogP contribution is 2.22. The van der Waals surface area contributed by atoms with Crippen molar-refractivity contribution in [3.63, 3.8) is 0 Å². The van der Waals surface area contributed by atoms with Crippen molar-refractivity contribution >= 4 is 53.0 Å². The van der Waals surface area contributed by atoms with Crippen LogP contribution < -0.4 is 31.3 Å². The number of carbonyl (C=O) groups is 8. The summed E-state index contributed by atoms with van der Waals surface area (Å²) in [5.41, 5.74) is 1.35. The zero-order chi connectivity index (χ0) is 47.1. The molecule has 6 N–H and O–H groups in total. The van der Waals surface area contributed by atoms with Crippen molar-refractivity contribution in [1.29, 1.82) is 0 Å². The maximum atomic E-state index is 13.7. The van der Waals surface area contributed by atoms with E-state index < -0.39 is 83.8 Å². The number of amides is 7. The van der Waals surface area contributed by atoms with Crippen molar-refractivity contribution in [3.05, 3.63) is 96.1 Å². The van der Waals surface area contributed by atoms with E-state index >= 15 is 0 Å². The number of rotatable bonds is 18. The molecule has 7 amide bonds. The molecule has 2 aliphatic heterocycles. The second-order valence-electron chi connectivity index (χ2n) is 17.0. The van der Waals surface area contributed by atoms with Crippen LogP contribution in [0.25, 0.3) is 0 Å². The summed E-state index contributed by atoms with van der Waals surface area (Å²) in [7, 11) is 1.08. The first kappa shape index (κ1) is 49.2. The minimum Gasteiger partial charge on any atom is -0.484 e. The smallest absolute Gasteiger partial charge is 0.396 e. The minimum absolute atomic E-state index is 0.0837. The molecule has 3 aromatic carbocycles. The number of esters is 1. The SMILES string of the molecule is COC(=O)C(=O)N1CCC[C@H]1C(=O)N[C@H](Cc1ccccc1)C(=O)NCCC(=O)Nc1cccc(OCC(=O)N[C@@H](Cc2ccccc2)[C@H](O)C(=O)N2CCC[C@H]2C(=O)NC(C)(C)C)c1. The van der Waals surface area contributed by atoms with E-state index in [-0.39, 0.29) is 50.6 Å². The Hall–Kier alpha value is -6.82. The van der Waals surface area contributed by atoms with E-state index in [9.17, 15) is 43.5 Å². The summed E-state index contributed by atoms with van der Waals surface area (Å²) >= 11 is 0. The molecular formula is C47H59N7O11. The van der Waals surface area contributed by atoms with Gasteiger partial charge in [0.05, 0.1) is 13.2 Å². The summed E-state index contributed by atoms with van der Waals surface area (Å²) in [4.78, 5) is 107. The van der Waals surface area contributed by atoms with Crippen molar-refractivity contribution < 1.29 is 52.9 Å². The van der Waals surface area contributed by atoms with Gasteiger partial charge in [-0.1, -0.05) is 66.7 Å². The lowest BCUT2D eigenvalue weighted by atomic mass is 9.99. The number of methoxy groups -OCH3 is 1. The number of likely N-dealkylation sites (tertiary alicyclic amines) is 2. The predicted molar refractivity (Wildman–Crippen MR) is 238 cm³/mol. The third kappa shape index (κ3) is 14.6. The molecule has 0 saturated carbocycles. The minimum atomic E-state index is -1.66. The Bertz CT molecular complexity index is 2170. The molecule has 18 nitrogen and oxygen atoms in total. The molecule has 348 valence electrons. The molecular weight excluding hydrogens is 839 g/mol. The molecule has 0 unspecified atom stereocenters. The Balaban J connectivity index is 1.14. The number of hydrogen-bond acceptors (Lipinski definition) is 11. The second-order valence-corrected chi connectivity index (χ2v) is 17.0. The van der Waals surface area contributed by atoms with Gasteiger partial charge in [-0.3, -0.25) is 33.6 Å². The van der Waals surface area contributed by atoms with Gasteiger partial charge in [-0.05, 0) is 76.1 Å². The van der Waals surface area contributed by atoms with Gasteiger partial charge < -0.3 is 51.0 Å². The van der Waals surface area contributed by atoms with Crippen LogP contribution in [0.15, 0.2) is 84.9 Å². The lowest BCUT2D eigenvalue weighted by molar-refractivity contribution is -0.159. The van der Waals surface area contributed by atoms with Crippen molar-refractivity contribution in [2.75, 3.05) is 38.7 Å². The zero-order valence-corrected chi connectivity index (χ0v) is 37.2.